The number of hydrogen-bond acceptors (Lipinski definition) is 2. The van der Waals surface area contributed by atoms with E-state index in [1.54, 1.807) is 0 Å². The van der Waals surface area contributed by atoms with E-state index in [1.165, 1.54) is 0 Å². The fraction of sp³-hybridized carbons (Fsp3) is 0.212. The third-order valence-electron chi connectivity index (χ3n) is 6.43. The van der Waals surface area contributed by atoms with Crippen LogP contribution in [0.2, 0.25) is 0 Å². The molecule has 4 heteroatoms. The minimum absolute atomic E-state index is 0.00211. The lowest BCUT2D eigenvalue weighted by atomic mass is 9.86. The molecule has 0 aliphatic rings. The first-order chi connectivity index (χ1) is 17.8. The Bertz CT molecular complexity index is 1320. The van der Waals surface area contributed by atoms with E-state index in [1.807, 2.05) is 97.1 Å². The number of para-hydroxylation sites is 1. The van der Waals surface area contributed by atoms with E-state index >= 15 is 0 Å². The highest BCUT2D eigenvalue weighted by Crippen LogP contribution is 2.23. The molecule has 0 saturated carbocycles. The molecule has 0 spiro atoms. The second-order valence-electron chi connectivity index (χ2n) is 10.4. The minimum Gasteiger partial charge on any atom is -0.340 e. The largest absolute Gasteiger partial charge is 0.340 e. The third kappa shape index (κ3) is 7.17. The molecule has 0 bridgehead atoms. The maximum Gasteiger partial charge on any atom is 0.251 e. The highest BCUT2D eigenvalue weighted by Gasteiger charge is 2.23. The molecule has 1 atom stereocenters. The van der Waals surface area contributed by atoms with Crippen molar-refractivity contribution in [1.29, 1.82) is 0 Å². The van der Waals surface area contributed by atoms with Crippen molar-refractivity contribution in [3.05, 3.63) is 137 Å². The number of carbonyl (C=O) groups excluding carboxylic acids is 2. The van der Waals surface area contributed by atoms with Crippen molar-refractivity contribution >= 4 is 17.5 Å². The fourth-order valence-electron chi connectivity index (χ4n) is 4.25. The van der Waals surface area contributed by atoms with Crippen molar-refractivity contribution in [2.45, 2.75) is 45.1 Å². The average molecular weight is 491 g/mol. The topological polar surface area (TPSA) is 58.2 Å². The fourth-order valence-corrected chi connectivity index (χ4v) is 4.25. The van der Waals surface area contributed by atoms with E-state index in [9.17, 15) is 9.59 Å². The molecule has 0 radical (unpaired) electrons. The summed E-state index contributed by atoms with van der Waals surface area (Å²) in [6, 6.07) is 34.6. The SMILES string of the molecule is CC(C)(C)c1ccc(C(=O)NC(Cc2ccccc2)C(=O)Nc2ccccc2Cc2ccccc2)cc1. The van der Waals surface area contributed by atoms with Crippen molar-refractivity contribution < 1.29 is 9.59 Å². The zero-order chi connectivity index (χ0) is 26.3. The summed E-state index contributed by atoms with van der Waals surface area (Å²) in [5.74, 6) is -0.516. The van der Waals surface area contributed by atoms with Crippen molar-refractivity contribution in [2.75, 3.05) is 5.32 Å². The predicted octanol–water partition coefficient (Wildman–Crippen LogP) is 6.55. The van der Waals surface area contributed by atoms with Crippen molar-refractivity contribution in [1.82, 2.24) is 5.32 Å². The quantitative estimate of drug-likeness (QED) is 0.294. The van der Waals surface area contributed by atoms with Crippen LogP contribution < -0.4 is 10.6 Å². The van der Waals surface area contributed by atoms with Crippen LogP contribution in [-0.4, -0.2) is 17.9 Å². The first kappa shape index (κ1) is 25.9. The molecule has 4 rings (SSSR count). The van der Waals surface area contributed by atoms with E-state index in [0.29, 0.717) is 18.4 Å². The molecule has 0 fully saturated rings. The third-order valence-corrected chi connectivity index (χ3v) is 6.43. The predicted molar refractivity (Wildman–Crippen MR) is 151 cm³/mol. The number of amides is 2. The molecule has 0 aliphatic carbocycles. The molecule has 188 valence electrons. The second kappa shape index (κ2) is 11.7. The molecule has 0 saturated heterocycles. The second-order valence-corrected chi connectivity index (χ2v) is 10.4. The van der Waals surface area contributed by atoms with E-state index < -0.39 is 6.04 Å². The van der Waals surface area contributed by atoms with Gasteiger partial charge in [-0.1, -0.05) is 112 Å². The lowest BCUT2D eigenvalue weighted by Crippen LogP contribution is -2.45. The molecule has 4 nitrogen and oxygen atoms in total. The first-order valence-electron chi connectivity index (χ1n) is 12.7. The minimum atomic E-state index is -0.734. The molecular formula is C33H34N2O2. The van der Waals surface area contributed by atoms with Crippen molar-refractivity contribution in [2.24, 2.45) is 0 Å². The number of benzene rings is 4. The first-order valence-corrected chi connectivity index (χ1v) is 12.7. The van der Waals surface area contributed by atoms with Gasteiger partial charge in [0.25, 0.3) is 5.91 Å². The Morgan fingerprint density at radius 3 is 1.89 bits per heavy atom. The summed E-state index contributed by atoms with van der Waals surface area (Å²) in [5.41, 5.74) is 5.59. The summed E-state index contributed by atoms with van der Waals surface area (Å²) in [5, 5.41) is 6.06. The van der Waals surface area contributed by atoms with E-state index in [0.717, 1.165) is 27.9 Å². The van der Waals surface area contributed by atoms with Crippen LogP contribution in [0.15, 0.2) is 109 Å². The van der Waals surface area contributed by atoms with Gasteiger partial charge in [-0.2, -0.15) is 0 Å². The number of nitrogens with one attached hydrogen (secondary N) is 2. The van der Waals surface area contributed by atoms with Gasteiger partial charge >= 0.3 is 0 Å². The Balaban J connectivity index is 1.54. The average Bonchev–Trinajstić information content (AvgIpc) is 2.90. The highest BCUT2D eigenvalue weighted by atomic mass is 16.2. The molecule has 4 aromatic carbocycles. The van der Waals surface area contributed by atoms with Crippen molar-refractivity contribution in [3.8, 4) is 0 Å². The number of carbonyl (C=O) groups is 2. The van der Waals surface area contributed by atoms with Crippen LogP contribution in [0, 0.1) is 0 Å². The summed E-state index contributed by atoms with van der Waals surface area (Å²) in [7, 11) is 0. The highest BCUT2D eigenvalue weighted by molar-refractivity contribution is 6.01. The summed E-state index contributed by atoms with van der Waals surface area (Å²) in [6.07, 6.45) is 1.09. The Hall–Kier alpha value is -4.18. The van der Waals surface area contributed by atoms with Gasteiger partial charge in [0, 0.05) is 17.7 Å². The number of rotatable bonds is 8. The van der Waals surface area contributed by atoms with Crippen LogP contribution in [0.5, 0.6) is 0 Å². The molecule has 0 aromatic heterocycles. The molecule has 2 N–H and O–H groups in total. The van der Waals surface area contributed by atoms with Crippen molar-refractivity contribution in [3.63, 3.8) is 0 Å². The van der Waals surface area contributed by atoms with Gasteiger partial charge in [0.1, 0.15) is 6.04 Å². The lowest BCUT2D eigenvalue weighted by Gasteiger charge is -2.21. The van der Waals surface area contributed by atoms with Crippen LogP contribution in [0.3, 0.4) is 0 Å². The zero-order valence-electron chi connectivity index (χ0n) is 21.7. The molecule has 4 aromatic rings. The van der Waals surface area contributed by atoms with Gasteiger partial charge < -0.3 is 10.6 Å². The van der Waals surface area contributed by atoms with Gasteiger partial charge in [0.15, 0.2) is 0 Å². The maximum atomic E-state index is 13.5. The normalized spacial score (nSPS) is 12.0. The Morgan fingerprint density at radius 1 is 0.703 bits per heavy atom. The maximum absolute atomic E-state index is 13.5. The summed E-state index contributed by atoms with van der Waals surface area (Å²) < 4.78 is 0. The van der Waals surface area contributed by atoms with Crippen LogP contribution in [0.1, 0.15) is 53.4 Å². The molecule has 1 unspecified atom stereocenters. The Kier molecular flexibility index (Phi) is 8.19. The lowest BCUT2D eigenvalue weighted by molar-refractivity contribution is -0.118. The van der Waals surface area contributed by atoms with Crippen LogP contribution in [0.25, 0.3) is 0 Å². The Morgan fingerprint density at radius 2 is 1.27 bits per heavy atom. The standard InChI is InChI=1S/C33H34N2O2/c1-33(2,3)28-20-18-26(19-21-28)31(36)35-30(23-25-14-8-5-9-15-25)32(37)34-29-17-11-10-16-27(29)22-24-12-6-4-7-13-24/h4-21,30H,22-23H2,1-3H3,(H,34,37)(H,35,36). The summed E-state index contributed by atoms with van der Waals surface area (Å²) >= 11 is 0. The van der Waals surface area contributed by atoms with Crippen LogP contribution >= 0.6 is 0 Å². The number of anilines is 1. The van der Waals surface area contributed by atoms with Gasteiger partial charge in [-0.15, -0.1) is 0 Å². The van der Waals surface area contributed by atoms with Gasteiger partial charge in [0.05, 0.1) is 0 Å². The summed E-state index contributed by atoms with van der Waals surface area (Å²) in [6.45, 7) is 6.41. The van der Waals surface area contributed by atoms with Gasteiger partial charge in [-0.25, -0.2) is 0 Å². The molecule has 0 aliphatic heterocycles. The van der Waals surface area contributed by atoms with E-state index in [4.69, 9.17) is 0 Å². The molecule has 2 amide bonds. The van der Waals surface area contributed by atoms with Gasteiger partial charge in [-0.05, 0) is 52.3 Å². The van der Waals surface area contributed by atoms with Gasteiger partial charge in [-0.3, -0.25) is 9.59 Å². The molecule has 0 heterocycles. The smallest absolute Gasteiger partial charge is 0.251 e. The summed E-state index contributed by atoms with van der Waals surface area (Å²) in [4.78, 5) is 26.7. The van der Waals surface area contributed by atoms with Crippen LogP contribution in [-0.2, 0) is 23.1 Å². The van der Waals surface area contributed by atoms with Crippen LogP contribution in [0.4, 0.5) is 5.69 Å². The molecular weight excluding hydrogens is 456 g/mol. The monoisotopic (exact) mass is 490 g/mol. The van der Waals surface area contributed by atoms with E-state index in [-0.39, 0.29) is 17.2 Å². The van der Waals surface area contributed by atoms with Gasteiger partial charge in [0.2, 0.25) is 5.91 Å². The Labute approximate surface area is 219 Å². The zero-order valence-corrected chi connectivity index (χ0v) is 21.7. The number of hydrogen-bond donors (Lipinski definition) is 2. The van der Waals surface area contributed by atoms with E-state index in [2.05, 4.69) is 43.5 Å². The molecule has 37 heavy (non-hydrogen) atoms.